The number of hydrogen-bond acceptors (Lipinski definition) is 5. The molecule has 0 saturated carbocycles. The molecule has 0 bridgehead atoms. The first-order valence-corrected chi connectivity index (χ1v) is 9.58. The van der Waals surface area contributed by atoms with E-state index in [1.54, 1.807) is 30.3 Å². The van der Waals surface area contributed by atoms with Crippen molar-refractivity contribution in [3.8, 4) is 11.5 Å². The molecule has 0 aliphatic heterocycles. The molecular weight excluding hydrogens is 390 g/mol. The lowest BCUT2D eigenvalue weighted by Crippen LogP contribution is -2.49. The van der Waals surface area contributed by atoms with E-state index in [4.69, 9.17) is 21.7 Å². The molecule has 0 unspecified atom stereocenters. The molecule has 7 nitrogen and oxygen atoms in total. The zero-order valence-corrected chi connectivity index (χ0v) is 17.5. The summed E-state index contributed by atoms with van der Waals surface area (Å²) in [5, 5.41) is 2.46. The maximum atomic E-state index is 12.5. The lowest BCUT2D eigenvalue weighted by Gasteiger charge is -2.14. The Balaban J connectivity index is 1.81. The van der Waals surface area contributed by atoms with Gasteiger partial charge >= 0.3 is 0 Å². The fourth-order valence-electron chi connectivity index (χ4n) is 2.26. The molecule has 0 heterocycles. The van der Waals surface area contributed by atoms with Crippen molar-refractivity contribution in [3.05, 3.63) is 59.7 Å². The van der Waals surface area contributed by atoms with Gasteiger partial charge in [-0.05, 0) is 48.8 Å². The van der Waals surface area contributed by atoms with Crippen LogP contribution in [0.1, 0.15) is 29.8 Å². The van der Waals surface area contributed by atoms with Gasteiger partial charge in [-0.1, -0.05) is 44.2 Å². The molecule has 29 heavy (non-hydrogen) atoms. The van der Waals surface area contributed by atoms with Gasteiger partial charge in [0, 0.05) is 0 Å². The number of nitrogens with one attached hydrogen (secondary N) is 3. The molecule has 8 heteroatoms. The van der Waals surface area contributed by atoms with Crippen molar-refractivity contribution in [2.45, 2.75) is 20.8 Å². The third-order valence-corrected chi connectivity index (χ3v) is 3.90. The minimum absolute atomic E-state index is 0.0436. The standard InChI is InChI=1S/C21H25N3O4S/c1-14(2)12-27-18-11-7-5-9-16(18)20(26)22-21(29)24-23-19(25)13-28-17-10-6-4-8-15(17)3/h4-11,14H,12-13H2,1-3H3,(H,23,25)(H2,22,24,26,29). The second-order valence-corrected chi connectivity index (χ2v) is 7.12. The van der Waals surface area contributed by atoms with Crippen LogP contribution in [0.25, 0.3) is 0 Å². The van der Waals surface area contributed by atoms with Crippen LogP contribution in [-0.4, -0.2) is 30.1 Å². The number of aryl methyl sites for hydroxylation is 1. The van der Waals surface area contributed by atoms with Gasteiger partial charge in [-0.2, -0.15) is 0 Å². The molecule has 2 aromatic carbocycles. The van der Waals surface area contributed by atoms with Crippen LogP contribution in [0, 0.1) is 12.8 Å². The van der Waals surface area contributed by atoms with Crippen LogP contribution < -0.4 is 25.6 Å². The van der Waals surface area contributed by atoms with Crippen LogP contribution in [0.2, 0.25) is 0 Å². The van der Waals surface area contributed by atoms with Gasteiger partial charge in [-0.15, -0.1) is 0 Å². The third kappa shape index (κ3) is 7.42. The quantitative estimate of drug-likeness (QED) is 0.476. The molecule has 0 aliphatic rings. The van der Waals surface area contributed by atoms with Crippen molar-refractivity contribution in [1.29, 1.82) is 0 Å². The largest absolute Gasteiger partial charge is 0.492 e. The van der Waals surface area contributed by atoms with Crippen molar-refractivity contribution in [2.24, 2.45) is 5.92 Å². The fourth-order valence-corrected chi connectivity index (χ4v) is 2.41. The molecule has 0 saturated heterocycles. The van der Waals surface area contributed by atoms with Gasteiger partial charge in [0.05, 0.1) is 12.2 Å². The van der Waals surface area contributed by atoms with E-state index < -0.39 is 11.8 Å². The number of carbonyl (C=O) groups is 2. The highest BCUT2D eigenvalue weighted by molar-refractivity contribution is 7.80. The molecule has 2 rings (SSSR count). The first-order chi connectivity index (χ1) is 13.9. The predicted octanol–water partition coefficient (Wildman–Crippen LogP) is 2.74. The van der Waals surface area contributed by atoms with E-state index in [0.29, 0.717) is 29.6 Å². The Bertz CT molecular complexity index is 871. The van der Waals surface area contributed by atoms with E-state index >= 15 is 0 Å². The highest BCUT2D eigenvalue weighted by Gasteiger charge is 2.14. The number of rotatable bonds is 7. The summed E-state index contributed by atoms with van der Waals surface area (Å²) < 4.78 is 11.1. The second kappa shape index (κ2) is 11.0. The molecule has 2 amide bonds. The number of hydrazine groups is 1. The summed E-state index contributed by atoms with van der Waals surface area (Å²) in [7, 11) is 0. The van der Waals surface area contributed by atoms with Gasteiger partial charge in [-0.3, -0.25) is 25.8 Å². The first-order valence-electron chi connectivity index (χ1n) is 9.17. The molecule has 0 atom stereocenters. The number of carbonyl (C=O) groups excluding carboxylic acids is 2. The summed E-state index contributed by atoms with van der Waals surface area (Å²) in [6.45, 7) is 6.23. The summed E-state index contributed by atoms with van der Waals surface area (Å²) >= 11 is 5.06. The normalized spacial score (nSPS) is 10.2. The summed E-state index contributed by atoms with van der Waals surface area (Å²) in [6, 6.07) is 14.3. The van der Waals surface area contributed by atoms with E-state index in [1.165, 1.54) is 0 Å². The number of hydrogen-bond donors (Lipinski definition) is 3. The molecule has 0 aromatic heterocycles. The van der Waals surface area contributed by atoms with Gasteiger partial charge in [-0.25, -0.2) is 0 Å². The minimum atomic E-state index is -0.439. The van der Waals surface area contributed by atoms with Gasteiger partial charge in [0.1, 0.15) is 11.5 Å². The lowest BCUT2D eigenvalue weighted by atomic mass is 10.2. The number of thiocarbonyl (C=S) groups is 1. The molecule has 2 aromatic rings. The van der Waals surface area contributed by atoms with E-state index in [0.717, 1.165) is 5.56 Å². The summed E-state index contributed by atoms with van der Waals surface area (Å²) in [6.07, 6.45) is 0. The zero-order valence-electron chi connectivity index (χ0n) is 16.7. The van der Waals surface area contributed by atoms with E-state index in [2.05, 4.69) is 16.2 Å². The molecule has 154 valence electrons. The average Bonchev–Trinajstić information content (AvgIpc) is 2.70. The average molecular weight is 416 g/mol. The van der Waals surface area contributed by atoms with Crippen molar-refractivity contribution in [3.63, 3.8) is 0 Å². The number of ether oxygens (including phenoxy) is 2. The summed E-state index contributed by atoms with van der Waals surface area (Å²) in [4.78, 5) is 24.4. The summed E-state index contributed by atoms with van der Waals surface area (Å²) in [5.41, 5.74) is 6.14. The maximum Gasteiger partial charge on any atom is 0.276 e. The highest BCUT2D eigenvalue weighted by Crippen LogP contribution is 2.18. The molecule has 0 aliphatic carbocycles. The Morgan fingerprint density at radius 2 is 1.62 bits per heavy atom. The third-order valence-electron chi connectivity index (χ3n) is 3.70. The Morgan fingerprint density at radius 3 is 2.31 bits per heavy atom. The van der Waals surface area contributed by atoms with Crippen molar-refractivity contribution in [1.82, 2.24) is 16.2 Å². The second-order valence-electron chi connectivity index (χ2n) is 6.71. The van der Waals surface area contributed by atoms with Crippen LogP contribution in [-0.2, 0) is 4.79 Å². The smallest absolute Gasteiger partial charge is 0.276 e. The number of amides is 2. The van der Waals surface area contributed by atoms with E-state index in [9.17, 15) is 9.59 Å². The van der Waals surface area contributed by atoms with Crippen molar-refractivity contribution >= 4 is 29.1 Å². The van der Waals surface area contributed by atoms with Crippen LogP contribution in [0.4, 0.5) is 0 Å². The Kier molecular flexibility index (Phi) is 8.42. The Hall–Kier alpha value is -3.13. The van der Waals surface area contributed by atoms with Crippen LogP contribution in [0.5, 0.6) is 11.5 Å². The van der Waals surface area contributed by atoms with Gasteiger partial charge < -0.3 is 9.47 Å². The zero-order chi connectivity index (χ0) is 21.2. The monoisotopic (exact) mass is 415 g/mol. The molecule has 0 spiro atoms. The van der Waals surface area contributed by atoms with Crippen LogP contribution in [0.3, 0.4) is 0 Å². The fraction of sp³-hybridized carbons (Fsp3) is 0.286. The maximum absolute atomic E-state index is 12.5. The van der Waals surface area contributed by atoms with Gasteiger partial charge in [0.25, 0.3) is 11.8 Å². The minimum Gasteiger partial charge on any atom is -0.492 e. The Labute approximate surface area is 175 Å². The van der Waals surface area contributed by atoms with E-state index in [-0.39, 0.29) is 11.7 Å². The highest BCUT2D eigenvalue weighted by atomic mass is 32.1. The molecule has 3 N–H and O–H groups in total. The van der Waals surface area contributed by atoms with Crippen molar-refractivity contribution < 1.29 is 19.1 Å². The molecule has 0 radical (unpaired) electrons. The first kappa shape index (κ1) is 22.2. The van der Waals surface area contributed by atoms with E-state index in [1.807, 2.05) is 39.0 Å². The number of benzene rings is 2. The molecular formula is C21H25N3O4S. The van der Waals surface area contributed by atoms with Crippen LogP contribution >= 0.6 is 12.2 Å². The SMILES string of the molecule is Cc1ccccc1OCC(=O)NNC(=S)NC(=O)c1ccccc1OCC(C)C. The topological polar surface area (TPSA) is 88.7 Å². The summed E-state index contributed by atoms with van der Waals surface area (Å²) in [5.74, 6) is 0.539. The molecule has 0 fully saturated rings. The van der Waals surface area contributed by atoms with Crippen LogP contribution in [0.15, 0.2) is 48.5 Å². The number of para-hydroxylation sites is 2. The lowest BCUT2D eigenvalue weighted by molar-refractivity contribution is -0.123. The van der Waals surface area contributed by atoms with Crippen molar-refractivity contribution in [2.75, 3.05) is 13.2 Å². The Morgan fingerprint density at radius 1 is 0.966 bits per heavy atom. The van der Waals surface area contributed by atoms with Gasteiger partial charge in [0.15, 0.2) is 11.7 Å². The van der Waals surface area contributed by atoms with Gasteiger partial charge in [0.2, 0.25) is 0 Å². The predicted molar refractivity (Wildman–Crippen MR) is 115 cm³/mol.